The third kappa shape index (κ3) is 4.03. The Bertz CT molecular complexity index is 449. The van der Waals surface area contributed by atoms with Crippen LogP contribution in [0.25, 0.3) is 0 Å². The van der Waals surface area contributed by atoms with E-state index in [-0.39, 0.29) is 17.2 Å². The van der Waals surface area contributed by atoms with Crippen molar-refractivity contribution in [3.8, 4) is 0 Å². The van der Waals surface area contributed by atoms with E-state index in [1.54, 1.807) is 18.7 Å². The molecule has 1 rings (SSSR count). The number of aromatic nitrogens is 1. The first-order valence-corrected chi connectivity index (χ1v) is 6.93. The Kier molecular flexibility index (Phi) is 5.64. The molecule has 0 saturated heterocycles. The van der Waals surface area contributed by atoms with E-state index in [9.17, 15) is 9.59 Å². The molecule has 1 aromatic rings. The van der Waals surface area contributed by atoms with Crippen LogP contribution in [0.4, 0.5) is 0 Å². The molecular weight excluding hydrogens is 252 g/mol. The molecule has 0 spiro atoms. The Balaban J connectivity index is 2.64. The van der Waals surface area contributed by atoms with Gasteiger partial charge in [0.1, 0.15) is 5.69 Å². The third-order valence-corrected chi connectivity index (χ3v) is 3.06. The normalized spacial score (nSPS) is 10.1. The zero-order chi connectivity index (χ0) is 13.5. The van der Waals surface area contributed by atoms with Gasteiger partial charge in [0.15, 0.2) is 0 Å². The quantitative estimate of drug-likeness (QED) is 0.766. The number of carbonyl (C=O) groups excluding carboxylic acids is 1. The van der Waals surface area contributed by atoms with Crippen LogP contribution in [-0.4, -0.2) is 40.5 Å². The molecule has 2 N–H and O–H groups in total. The van der Waals surface area contributed by atoms with E-state index in [0.717, 1.165) is 12.2 Å². The molecule has 98 valence electrons. The molecule has 0 atom stereocenters. The summed E-state index contributed by atoms with van der Waals surface area (Å²) in [5.41, 5.74) is 0.717. The number of amides is 1. The van der Waals surface area contributed by atoms with E-state index in [0.29, 0.717) is 12.2 Å². The molecule has 6 heteroatoms. The number of carbonyl (C=O) groups is 2. The van der Waals surface area contributed by atoms with Gasteiger partial charge in [-0.1, -0.05) is 0 Å². The molecule has 0 aromatic carbocycles. The molecular formula is C12H16N2O3S. The maximum atomic E-state index is 11.7. The predicted octanol–water partition coefficient (Wildman–Crippen LogP) is 1.57. The fraction of sp³-hybridized carbons (Fsp3) is 0.417. The highest BCUT2D eigenvalue weighted by molar-refractivity contribution is 7.98. The van der Waals surface area contributed by atoms with Gasteiger partial charge in [-0.05, 0) is 37.5 Å². The molecule has 5 nitrogen and oxygen atoms in total. The van der Waals surface area contributed by atoms with Crippen LogP contribution < -0.4 is 5.32 Å². The Labute approximate surface area is 110 Å². The van der Waals surface area contributed by atoms with Crippen LogP contribution in [0.2, 0.25) is 0 Å². The number of thioether (sulfide) groups is 1. The molecule has 0 aliphatic carbocycles. The topological polar surface area (TPSA) is 79.3 Å². The lowest BCUT2D eigenvalue weighted by atomic mass is 10.2. The van der Waals surface area contributed by atoms with Gasteiger partial charge in [0.2, 0.25) is 0 Å². The number of nitrogens with zero attached hydrogens (tertiary/aromatic N) is 1. The van der Waals surface area contributed by atoms with Crippen LogP contribution in [0, 0.1) is 6.92 Å². The smallest absolute Gasteiger partial charge is 0.337 e. The highest BCUT2D eigenvalue weighted by Crippen LogP contribution is 2.07. The van der Waals surface area contributed by atoms with Gasteiger partial charge in [-0.15, -0.1) is 0 Å². The van der Waals surface area contributed by atoms with Crippen LogP contribution in [0.3, 0.4) is 0 Å². The average Bonchev–Trinajstić information content (AvgIpc) is 2.33. The summed E-state index contributed by atoms with van der Waals surface area (Å²) in [6, 6.07) is 2.84. The molecule has 1 amide bonds. The van der Waals surface area contributed by atoms with Gasteiger partial charge in [-0.25, -0.2) is 9.78 Å². The van der Waals surface area contributed by atoms with Crippen LogP contribution in [0.15, 0.2) is 12.1 Å². The fourth-order valence-electron chi connectivity index (χ4n) is 1.42. The van der Waals surface area contributed by atoms with Crippen molar-refractivity contribution < 1.29 is 14.7 Å². The highest BCUT2D eigenvalue weighted by Gasteiger charge is 2.12. The molecule has 0 fully saturated rings. The molecule has 0 saturated carbocycles. The van der Waals surface area contributed by atoms with Gasteiger partial charge in [0, 0.05) is 6.54 Å². The van der Waals surface area contributed by atoms with E-state index >= 15 is 0 Å². The molecule has 0 aliphatic rings. The zero-order valence-electron chi connectivity index (χ0n) is 10.4. The first-order chi connectivity index (χ1) is 8.56. The summed E-state index contributed by atoms with van der Waals surface area (Å²) >= 11 is 1.72. The molecule has 0 bridgehead atoms. The number of carboxylic acids is 1. The van der Waals surface area contributed by atoms with Gasteiger partial charge in [0.05, 0.1) is 11.3 Å². The van der Waals surface area contributed by atoms with E-state index in [4.69, 9.17) is 5.11 Å². The van der Waals surface area contributed by atoms with E-state index in [2.05, 4.69) is 10.3 Å². The van der Waals surface area contributed by atoms with Gasteiger partial charge < -0.3 is 10.4 Å². The largest absolute Gasteiger partial charge is 0.478 e. The predicted molar refractivity (Wildman–Crippen MR) is 71.3 cm³/mol. The standard InChI is InChI=1S/C12H16N2O3S/c1-8-9(12(16)17)4-5-10(14-8)11(15)13-6-3-7-18-2/h4-5H,3,6-7H2,1-2H3,(H,13,15)(H,16,17). The number of hydrogen-bond acceptors (Lipinski definition) is 4. The summed E-state index contributed by atoms with van der Waals surface area (Å²) in [6.45, 7) is 2.18. The Morgan fingerprint density at radius 3 is 2.72 bits per heavy atom. The number of nitrogens with one attached hydrogen (secondary N) is 1. The fourth-order valence-corrected chi connectivity index (χ4v) is 1.86. The number of carboxylic acid groups (broad SMARTS) is 1. The van der Waals surface area contributed by atoms with Gasteiger partial charge in [-0.3, -0.25) is 4.79 Å². The zero-order valence-corrected chi connectivity index (χ0v) is 11.2. The molecule has 18 heavy (non-hydrogen) atoms. The SMILES string of the molecule is CSCCCNC(=O)c1ccc(C(=O)O)c(C)n1. The molecule has 0 aliphatic heterocycles. The summed E-state index contributed by atoms with van der Waals surface area (Å²) < 4.78 is 0. The van der Waals surface area contributed by atoms with Crippen molar-refractivity contribution in [1.82, 2.24) is 10.3 Å². The average molecular weight is 268 g/mol. The van der Waals surface area contributed by atoms with Crippen molar-refractivity contribution >= 4 is 23.6 Å². The maximum Gasteiger partial charge on any atom is 0.337 e. The third-order valence-electron chi connectivity index (χ3n) is 2.36. The first-order valence-electron chi connectivity index (χ1n) is 5.54. The monoisotopic (exact) mass is 268 g/mol. The minimum Gasteiger partial charge on any atom is -0.478 e. The second kappa shape index (κ2) is 7.00. The number of hydrogen-bond donors (Lipinski definition) is 2. The second-order valence-electron chi connectivity index (χ2n) is 3.74. The van der Waals surface area contributed by atoms with Crippen LogP contribution >= 0.6 is 11.8 Å². The number of rotatable bonds is 6. The van der Waals surface area contributed by atoms with Gasteiger partial charge in [0.25, 0.3) is 5.91 Å². The highest BCUT2D eigenvalue weighted by atomic mass is 32.2. The minimum atomic E-state index is -1.04. The number of aryl methyl sites for hydroxylation is 1. The summed E-state index contributed by atoms with van der Waals surface area (Å²) in [4.78, 5) is 26.5. The number of aromatic carboxylic acids is 1. The summed E-state index contributed by atoms with van der Waals surface area (Å²) in [7, 11) is 0. The summed E-state index contributed by atoms with van der Waals surface area (Å²) in [5, 5.41) is 11.6. The molecule has 1 aromatic heterocycles. The second-order valence-corrected chi connectivity index (χ2v) is 4.72. The lowest BCUT2D eigenvalue weighted by Crippen LogP contribution is -2.26. The Morgan fingerprint density at radius 2 is 2.17 bits per heavy atom. The lowest BCUT2D eigenvalue weighted by Gasteiger charge is -2.06. The van der Waals surface area contributed by atoms with Crippen molar-refractivity contribution in [3.05, 3.63) is 29.1 Å². The van der Waals surface area contributed by atoms with Crippen molar-refractivity contribution in [2.45, 2.75) is 13.3 Å². The molecule has 0 unspecified atom stereocenters. The van der Waals surface area contributed by atoms with Crippen molar-refractivity contribution in [3.63, 3.8) is 0 Å². The van der Waals surface area contributed by atoms with E-state index < -0.39 is 5.97 Å². The summed E-state index contributed by atoms with van der Waals surface area (Å²) in [5.74, 6) is -0.312. The molecule has 1 heterocycles. The van der Waals surface area contributed by atoms with Crippen molar-refractivity contribution in [2.75, 3.05) is 18.6 Å². The Morgan fingerprint density at radius 1 is 1.44 bits per heavy atom. The van der Waals surface area contributed by atoms with Crippen LogP contribution in [-0.2, 0) is 0 Å². The van der Waals surface area contributed by atoms with Gasteiger partial charge >= 0.3 is 5.97 Å². The van der Waals surface area contributed by atoms with Crippen molar-refractivity contribution in [2.24, 2.45) is 0 Å². The Hall–Kier alpha value is -1.56. The lowest BCUT2D eigenvalue weighted by molar-refractivity contribution is 0.0694. The van der Waals surface area contributed by atoms with E-state index in [1.807, 2.05) is 6.26 Å². The van der Waals surface area contributed by atoms with Crippen LogP contribution in [0.1, 0.15) is 33.0 Å². The molecule has 0 radical (unpaired) electrons. The minimum absolute atomic E-state index is 0.119. The van der Waals surface area contributed by atoms with E-state index in [1.165, 1.54) is 12.1 Å². The number of pyridine rings is 1. The summed E-state index contributed by atoms with van der Waals surface area (Å²) in [6.07, 6.45) is 2.91. The van der Waals surface area contributed by atoms with Crippen molar-refractivity contribution in [1.29, 1.82) is 0 Å². The maximum absolute atomic E-state index is 11.7. The van der Waals surface area contributed by atoms with Gasteiger partial charge in [-0.2, -0.15) is 11.8 Å². The first kappa shape index (κ1) is 14.5. The van der Waals surface area contributed by atoms with Crippen LogP contribution in [0.5, 0.6) is 0 Å².